The number of aromatic nitrogens is 4. The number of nitrogens with one attached hydrogen (secondary N) is 2. The van der Waals surface area contributed by atoms with Gasteiger partial charge in [-0.15, -0.1) is 0 Å². The summed E-state index contributed by atoms with van der Waals surface area (Å²) in [5.74, 6) is 2.79. The molecule has 174 valence electrons. The number of piperidine rings is 1. The first kappa shape index (κ1) is 23.3. The van der Waals surface area contributed by atoms with E-state index in [1.165, 1.54) is 23.3 Å². The molecule has 0 spiro atoms. The van der Waals surface area contributed by atoms with Gasteiger partial charge in [-0.1, -0.05) is 47.1 Å². The zero-order valence-corrected chi connectivity index (χ0v) is 21.0. The number of nitrogens with zero attached hydrogens (tertiary/aromatic N) is 4. The van der Waals surface area contributed by atoms with Gasteiger partial charge in [0.15, 0.2) is 5.75 Å². The van der Waals surface area contributed by atoms with Crippen LogP contribution in [0, 0.1) is 0 Å². The largest absolute Gasteiger partial charge is 0.453 e. The van der Waals surface area contributed by atoms with Gasteiger partial charge in [-0.2, -0.15) is 4.37 Å². The van der Waals surface area contributed by atoms with Gasteiger partial charge in [-0.3, -0.25) is 0 Å². The fourth-order valence-electron chi connectivity index (χ4n) is 3.50. The topological polar surface area (TPSA) is 84.9 Å². The number of benzene rings is 1. The number of halogens is 2. The third-order valence-corrected chi connectivity index (χ3v) is 7.41. The summed E-state index contributed by atoms with van der Waals surface area (Å²) in [5.41, 5.74) is 0. The van der Waals surface area contributed by atoms with Gasteiger partial charge in [0.1, 0.15) is 22.4 Å². The minimum Gasteiger partial charge on any atom is -0.453 e. The minimum atomic E-state index is 0.384. The molecule has 1 aliphatic heterocycles. The third-order valence-electron chi connectivity index (χ3n) is 5.20. The van der Waals surface area contributed by atoms with Crippen molar-refractivity contribution in [3.8, 4) is 11.5 Å². The van der Waals surface area contributed by atoms with Crippen molar-refractivity contribution in [1.29, 1.82) is 0 Å². The van der Waals surface area contributed by atoms with Crippen molar-refractivity contribution >= 4 is 57.4 Å². The van der Waals surface area contributed by atoms with Gasteiger partial charge in [0.05, 0.1) is 14.9 Å². The van der Waals surface area contributed by atoms with Gasteiger partial charge in [-0.05, 0) is 50.2 Å². The van der Waals surface area contributed by atoms with Gasteiger partial charge in [0.2, 0.25) is 5.13 Å². The Kier molecular flexibility index (Phi) is 7.46. The summed E-state index contributed by atoms with van der Waals surface area (Å²) in [4.78, 5) is 14.4. The van der Waals surface area contributed by atoms with E-state index in [0.717, 1.165) is 41.7 Å². The maximum absolute atomic E-state index is 6.36. The fourth-order valence-corrected chi connectivity index (χ4v) is 5.42. The zero-order chi connectivity index (χ0) is 23.3. The second kappa shape index (κ2) is 10.9. The van der Waals surface area contributed by atoms with Crippen LogP contribution in [-0.4, -0.2) is 32.4 Å². The molecule has 5 rings (SSSR count). The molecule has 3 aromatic heterocycles. The summed E-state index contributed by atoms with van der Waals surface area (Å²) < 4.78 is 10.7. The molecular weight excluding hydrogens is 511 g/mol. The summed E-state index contributed by atoms with van der Waals surface area (Å²) in [6.07, 6.45) is 5.57. The van der Waals surface area contributed by atoms with Crippen molar-refractivity contribution in [3.05, 3.63) is 70.7 Å². The number of pyridine rings is 2. The maximum Gasteiger partial charge on any atom is 0.208 e. The quantitative estimate of drug-likeness (QED) is 0.270. The van der Waals surface area contributed by atoms with Crippen molar-refractivity contribution in [3.63, 3.8) is 0 Å². The first-order valence-corrected chi connectivity index (χ1v) is 13.0. The molecule has 4 aromatic rings. The molecule has 0 atom stereocenters. The average Bonchev–Trinajstić information content (AvgIpc) is 3.33. The van der Waals surface area contributed by atoms with E-state index in [0.29, 0.717) is 38.4 Å². The Morgan fingerprint density at radius 2 is 1.88 bits per heavy atom. The molecule has 0 saturated carbocycles. The van der Waals surface area contributed by atoms with E-state index >= 15 is 0 Å². The highest BCUT2D eigenvalue weighted by molar-refractivity contribution is 7.99. The molecule has 0 bridgehead atoms. The maximum atomic E-state index is 6.36. The van der Waals surface area contributed by atoms with Crippen LogP contribution < -0.4 is 15.4 Å². The Morgan fingerprint density at radius 1 is 1.06 bits per heavy atom. The molecule has 1 aromatic carbocycles. The van der Waals surface area contributed by atoms with E-state index in [-0.39, 0.29) is 0 Å². The summed E-state index contributed by atoms with van der Waals surface area (Å²) in [6, 6.07) is 12.8. The zero-order valence-electron chi connectivity index (χ0n) is 17.9. The lowest BCUT2D eigenvalue weighted by atomic mass is 9.98. The van der Waals surface area contributed by atoms with Gasteiger partial charge in [0.25, 0.3) is 0 Å². The standard InChI is InChI=1S/C23H20Cl2N6OS2/c24-15-4-3-5-16(25)21(15)32-17-12-19(28-13-18(17)33-20-6-1-2-9-27-20)29-23-30-22(31-34-23)14-7-10-26-11-8-14/h1-6,9,12-14,26H,7-8,10-11H2,(H,28,29,30,31). The van der Waals surface area contributed by atoms with E-state index in [9.17, 15) is 0 Å². The number of para-hydroxylation sites is 1. The molecule has 34 heavy (non-hydrogen) atoms. The average molecular weight is 531 g/mol. The number of hydrogen-bond acceptors (Lipinski definition) is 9. The number of ether oxygens (including phenoxy) is 1. The molecule has 7 nitrogen and oxygen atoms in total. The van der Waals surface area contributed by atoms with E-state index in [1.54, 1.807) is 36.7 Å². The molecule has 0 unspecified atom stereocenters. The Labute approximate surface area is 215 Å². The molecular formula is C23H20Cl2N6OS2. The van der Waals surface area contributed by atoms with Crippen LogP contribution in [0.2, 0.25) is 10.0 Å². The smallest absolute Gasteiger partial charge is 0.208 e. The van der Waals surface area contributed by atoms with Gasteiger partial charge in [-0.25, -0.2) is 15.0 Å². The van der Waals surface area contributed by atoms with E-state index in [2.05, 4.69) is 25.0 Å². The molecule has 1 saturated heterocycles. The highest BCUT2D eigenvalue weighted by Crippen LogP contribution is 2.42. The molecule has 1 fully saturated rings. The lowest BCUT2D eigenvalue weighted by molar-refractivity contribution is 0.448. The van der Waals surface area contributed by atoms with Crippen molar-refractivity contribution < 1.29 is 4.74 Å². The predicted octanol–water partition coefficient (Wildman–Crippen LogP) is 6.79. The summed E-state index contributed by atoms with van der Waals surface area (Å²) >= 11 is 15.5. The molecule has 0 aliphatic carbocycles. The molecule has 2 N–H and O–H groups in total. The fraction of sp³-hybridized carbons (Fsp3) is 0.217. The van der Waals surface area contributed by atoms with E-state index < -0.39 is 0 Å². The second-order valence-electron chi connectivity index (χ2n) is 7.55. The first-order valence-electron chi connectivity index (χ1n) is 10.7. The third kappa shape index (κ3) is 5.61. The van der Waals surface area contributed by atoms with E-state index in [1.807, 2.05) is 18.2 Å². The number of rotatable bonds is 7. The number of anilines is 2. The highest BCUT2D eigenvalue weighted by atomic mass is 35.5. The Balaban J connectivity index is 1.42. The summed E-state index contributed by atoms with van der Waals surface area (Å²) in [7, 11) is 0. The van der Waals surface area contributed by atoms with Crippen LogP contribution in [0.15, 0.2) is 64.8 Å². The minimum absolute atomic E-state index is 0.384. The lowest BCUT2D eigenvalue weighted by Crippen LogP contribution is -2.27. The van der Waals surface area contributed by atoms with Crippen molar-refractivity contribution in [2.45, 2.75) is 28.7 Å². The summed E-state index contributed by atoms with van der Waals surface area (Å²) in [5, 5.41) is 8.97. The molecule has 4 heterocycles. The van der Waals surface area contributed by atoms with Crippen LogP contribution in [0.4, 0.5) is 10.9 Å². The first-order chi connectivity index (χ1) is 16.7. The normalized spacial score (nSPS) is 14.2. The molecule has 0 amide bonds. The van der Waals surface area contributed by atoms with Crippen LogP contribution in [0.1, 0.15) is 24.6 Å². The van der Waals surface area contributed by atoms with E-state index in [4.69, 9.17) is 32.9 Å². The van der Waals surface area contributed by atoms with Crippen LogP contribution in [0.5, 0.6) is 11.5 Å². The monoisotopic (exact) mass is 530 g/mol. The summed E-state index contributed by atoms with van der Waals surface area (Å²) in [6.45, 7) is 1.99. The number of hydrogen-bond donors (Lipinski definition) is 2. The second-order valence-corrected chi connectivity index (χ2v) is 10.2. The van der Waals surface area contributed by atoms with Gasteiger partial charge >= 0.3 is 0 Å². The van der Waals surface area contributed by atoms with Crippen LogP contribution >= 0.6 is 46.5 Å². The Hall–Kier alpha value is -2.43. The van der Waals surface area contributed by atoms with Crippen molar-refractivity contribution in [2.75, 3.05) is 18.4 Å². The predicted molar refractivity (Wildman–Crippen MR) is 137 cm³/mol. The Bertz CT molecular complexity index is 1250. The lowest BCUT2D eigenvalue weighted by Gasteiger charge is -2.19. The van der Waals surface area contributed by atoms with Crippen LogP contribution in [0.25, 0.3) is 0 Å². The van der Waals surface area contributed by atoms with Gasteiger partial charge in [0, 0.05) is 35.9 Å². The Morgan fingerprint density at radius 3 is 2.65 bits per heavy atom. The SMILES string of the molecule is Clc1cccc(Cl)c1Oc1cc(Nc2nc(C3CCNCC3)ns2)ncc1Sc1ccccn1. The van der Waals surface area contributed by atoms with Crippen molar-refractivity contribution in [2.24, 2.45) is 0 Å². The van der Waals surface area contributed by atoms with Crippen LogP contribution in [0.3, 0.4) is 0 Å². The van der Waals surface area contributed by atoms with Crippen LogP contribution in [-0.2, 0) is 0 Å². The molecule has 11 heteroatoms. The highest BCUT2D eigenvalue weighted by Gasteiger charge is 2.20. The van der Waals surface area contributed by atoms with Crippen molar-refractivity contribution in [1.82, 2.24) is 24.6 Å². The molecule has 0 radical (unpaired) electrons. The van der Waals surface area contributed by atoms with Gasteiger partial charge < -0.3 is 15.4 Å². The molecule has 1 aliphatic rings.